The molecule has 0 radical (unpaired) electrons. The maximum absolute atomic E-state index is 13.7. The number of likely N-dealkylation sites (N-methyl/N-ethyl adjacent to an activating group) is 1. The van der Waals surface area contributed by atoms with E-state index >= 15 is 0 Å². The van der Waals surface area contributed by atoms with Crippen LogP contribution in [-0.2, 0) is 26.2 Å². The first-order chi connectivity index (χ1) is 18.3. The van der Waals surface area contributed by atoms with Crippen LogP contribution in [0.2, 0.25) is 0 Å². The summed E-state index contributed by atoms with van der Waals surface area (Å²) in [7, 11) is 1.59. The van der Waals surface area contributed by atoms with Crippen molar-refractivity contribution in [3.05, 3.63) is 59.4 Å². The Hall–Kier alpha value is -3.39. The second-order valence-corrected chi connectivity index (χ2v) is 10.9. The number of aromatic nitrogens is 2. The highest BCUT2D eigenvalue weighted by molar-refractivity contribution is 5.94. The lowest BCUT2D eigenvalue weighted by atomic mass is 9.77. The number of H-pyrrole nitrogens is 1. The quantitative estimate of drug-likeness (QED) is 0.376. The van der Waals surface area contributed by atoms with Gasteiger partial charge in [0.1, 0.15) is 23.7 Å². The van der Waals surface area contributed by atoms with Gasteiger partial charge in [-0.2, -0.15) is 0 Å². The molecule has 3 aromatic rings. The van der Waals surface area contributed by atoms with E-state index in [9.17, 15) is 9.59 Å². The summed E-state index contributed by atoms with van der Waals surface area (Å²) in [6, 6.07) is 13.5. The van der Waals surface area contributed by atoms with Crippen molar-refractivity contribution < 1.29 is 19.1 Å². The highest BCUT2D eigenvalue weighted by Crippen LogP contribution is 2.40. The third kappa shape index (κ3) is 4.89. The van der Waals surface area contributed by atoms with Crippen molar-refractivity contribution in [1.29, 1.82) is 0 Å². The second-order valence-electron chi connectivity index (χ2n) is 10.9. The number of para-hydroxylation sites is 1. The van der Waals surface area contributed by atoms with Crippen LogP contribution < -0.4 is 15.4 Å². The zero-order chi connectivity index (χ0) is 26.9. The number of ether oxygens (including phenoxy) is 2. The number of imidazole rings is 1. The van der Waals surface area contributed by atoms with Gasteiger partial charge in [-0.3, -0.25) is 9.59 Å². The van der Waals surface area contributed by atoms with Crippen LogP contribution in [0.15, 0.2) is 42.5 Å². The number of rotatable bonds is 10. The van der Waals surface area contributed by atoms with E-state index in [1.54, 1.807) is 7.11 Å². The molecule has 0 spiro atoms. The number of nitrogens with one attached hydrogen (secondary N) is 3. The van der Waals surface area contributed by atoms with Crippen LogP contribution in [0.3, 0.4) is 0 Å². The molecule has 1 aliphatic heterocycles. The number of fused-ring (bicyclic) bond motifs is 2. The molecule has 2 amide bonds. The van der Waals surface area contributed by atoms with Gasteiger partial charge in [0.05, 0.1) is 23.1 Å². The van der Waals surface area contributed by atoms with Crippen molar-refractivity contribution >= 4 is 22.8 Å². The van der Waals surface area contributed by atoms with Crippen LogP contribution in [0, 0.1) is 5.92 Å². The topological polar surface area (TPSA) is 105 Å². The predicted molar refractivity (Wildman–Crippen MR) is 146 cm³/mol. The SMILES string of the molecule is CCNC(=O)[C@H](NC(=O)C(C)(COC)c1ccc2nc(C[C@H]3c4ccccc4OC3C)[nH]c2c1)C1CCC1. The van der Waals surface area contributed by atoms with Crippen molar-refractivity contribution in [2.45, 2.75) is 69.9 Å². The van der Waals surface area contributed by atoms with Gasteiger partial charge in [0.15, 0.2) is 0 Å². The number of benzene rings is 2. The number of nitrogens with zero attached hydrogens (tertiary/aromatic N) is 1. The Morgan fingerprint density at radius 1 is 1.24 bits per heavy atom. The molecule has 1 fully saturated rings. The number of aromatic amines is 1. The van der Waals surface area contributed by atoms with E-state index in [4.69, 9.17) is 14.5 Å². The minimum Gasteiger partial charge on any atom is -0.490 e. The van der Waals surface area contributed by atoms with Gasteiger partial charge in [0, 0.05) is 31.6 Å². The average Bonchev–Trinajstić information content (AvgIpc) is 3.42. The molecule has 8 heteroatoms. The van der Waals surface area contributed by atoms with Gasteiger partial charge in [-0.25, -0.2) is 4.98 Å². The molecule has 5 rings (SSSR count). The zero-order valence-corrected chi connectivity index (χ0v) is 22.7. The maximum Gasteiger partial charge on any atom is 0.242 e. The molecular weight excluding hydrogens is 480 g/mol. The van der Waals surface area contributed by atoms with Gasteiger partial charge in [0.2, 0.25) is 11.8 Å². The Morgan fingerprint density at radius 2 is 2.03 bits per heavy atom. The number of hydrogen-bond acceptors (Lipinski definition) is 5. The van der Waals surface area contributed by atoms with Crippen LogP contribution >= 0.6 is 0 Å². The van der Waals surface area contributed by atoms with E-state index in [2.05, 4.69) is 28.6 Å². The Bertz CT molecular complexity index is 1320. The number of methoxy groups -OCH3 is 1. The first-order valence-corrected chi connectivity index (χ1v) is 13.7. The Kier molecular flexibility index (Phi) is 7.43. The molecule has 3 N–H and O–H groups in total. The fraction of sp³-hybridized carbons (Fsp3) is 0.500. The smallest absolute Gasteiger partial charge is 0.242 e. The van der Waals surface area contributed by atoms with E-state index in [1.165, 1.54) is 5.56 Å². The van der Waals surface area contributed by atoms with E-state index in [-0.39, 0.29) is 36.4 Å². The first kappa shape index (κ1) is 26.2. The minimum atomic E-state index is -0.977. The molecule has 38 heavy (non-hydrogen) atoms. The summed E-state index contributed by atoms with van der Waals surface area (Å²) < 4.78 is 11.6. The second kappa shape index (κ2) is 10.8. The molecule has 0 saturated heterocycles. The lowest BCUT2D eigenvalue weighted by Gasteiger charge is -2.36. The lowest BCUT2D eigenvalue weighted by molar-refractivity contribution is -0.135. The molecule has 0 bridgehead atoms. The van der Waals surface area contributed by atoms with E-state index < -0.39 is 11.5 Å². The molecule has 4 atom stereocenters. The van der Waals surface area contributed by atoms with Crippen molar-refractivity contribution in [3.63, 3.8) is 0 Å². The van der Waals surface area contributed by atoms with Crippen LogP contribution in [-0.4, -0.2) is 54.2 Å². The highest BCUT2D eigenvalue weighted by atomic mass is 16.5. The van der Waals surface area contributed by atoms with Gasteiger partial charge < -0.3 is 25.1 Å². The monoisotopic (exact) mass is 518 g/mol. The van der Waals surface area contributed by atoms with E-state index in [0.717, 1.165) is 53.9 Å². The summed E-state index contributed by atoms with van der Waals surface area (Å²) in [5.74, 6) is 1.88. The standard InChI is InChI=1S/C30H38N4O4/c1-5-31-28(35)27(19-9-8-10-19)34-29(36)30(3,17-37-4)20-13-14-23-24(15-20)33-26(32-23)16-22-18(2)38-25-12-7-6-11-21(22)25/h6-7,11-15,18-19,22,27H,5,8-10,16-17H2,1-4H3,(H,31,35)(H,32,33)(H,34,36)/t18?,22-,27-,30?/m1/s1. The van der Waals surface area contributed by atoms with E-state index in [1.807, 2.05) is 50.2 Å². The lowest BCUT2D eigenvalue weighted by Crippen LogP contribution is -2.57. The number of hydrogen-bond donors (Lipinski definition) is 3. The van der Waals surface area contributed by atoms with Crippen molar-refractivity contribution in [3.8, 4) is 5.75 Å². The van der Waals surface area contributed by atoms with E-state index in [0.29, 0.717) is 6.54 Å². The molecule has 202 valence electrons. The van der Waals surface area contributed by atoms with Crippen LogP contribution in [0.1, 0.15) is 62.9 Å². The molecule has 2 unspecified atom stereocenters. The van der Waals surface area contributed by atoms with Gasteiger partial charge in [-0.05, 0) is 63.3 Å². The van der Waals surface area contributed by atoms with Crippen molar-refractivity contribution in [1.82, 2.24) is 20.6 Å². The Balaban J connectivity index is 1.39. The minimum absolute atomic E-state index is 0.0679. The van der Waals surface area contributed by atoms with Gasteiger partial charge >= 0.3 is 0 Å². The van der Waals surface area contributed by atoms with Gasteiger partial charge in [0.25, 0.3) is 0 Å². The first-order valence-electron chi connectivity index (χ1n) is 13.7. The summed E-state index contributed by atoms with van der Waals surface area (Å²) in [5, 5.41) is 5.95. The van der Waals surface area contributed by atoms with Gasteiger partial charge in [-0.1, -0.05) is 30.7 Å². The molecule has 1 saturated carbocycles. The Morgan fingerprint density at radius 3 is 2.74 bits per heavy atom. The number of carbonyl (C=O) groups is 2. The van der Waals surface area contributed by atoms with Crippen LogP contribution in [0.4, 0.5) is 0 Å². The van der Waals surface area contributed by atoms with Crippen molar-refractivity contribution in [2.24, 2.45) is 5.92 Å². The maximum atomic E-state index is 13.7. The normalized spacial score (nSPS) is 21.2. The predicted octanol–water partition coefficient (Wildman–Crippen LogP) is 4.00. The van der Waals surface area contributed by atoms with Crippen molar-refractivity contribution in [2.75, 3.05) is 20.3 Å². The summed E-state index contributed by atoms with van der Waals surface area (Å²) in [6.07, 6.45) is 3.77. The number of carbonyl (C=O) groups excluding carboxylic acids is 2. The summed E-state index contributed by atoms with van der Waals surface area (Å²) in [5.41, 5.74) is 2.75. The number of amides is 2. The third-order valence-corrected chi connectivity index (χ3v) is 8.25. The molecular formula is C30H38N4O4. The molecule has 8 nitrogen and oxygen atoms in total. The molecule has 2 aromatic carbocycles. The Labute approximate surface area is 223 Å². The summed E-state index contributed by atoms with van der Waals surface area (Å²) in [6.45, 7) is 6.57. The van der Waals surface area contributed by atoms with Crippen LogP contribution in [0.5, 0.6) is 5.75 Å². The van der Waals surface area contributed by atoms with Crippen LogP contribution in [0.25, 0.3) is 11.0 Å². The largest absolute Gasteiger partial charge is 0.490 e. The summed E-state index contributed by atoms with van der Waals surface area (Å²) >= 11 is 0. The average molecular weight is 519 g/mol. The molecule has 2 aliphatic rings. The van der Waals surface area contributed by atoms with Gasteiger partial charge in [-0.15, -0.1) is 0 Å². The zero-order valence-electron chi connectivity index (χ0n) is 22.7. The summed E-state index contributed by atoms with van der Waals surface area (Å²) in [4.78, 5) is 34.8. The fourth-order valence-corrected chi connectivity index (χ4v) is 5.74. The highest BCUT2D eigenvalue weighted by Gasteiger charge is 2.41. The molecule has 2 heterocycles. The fourth-order valence-electron chi connectivity index (χ4n) is 5.74. The third-order valence-electron chi connectivity index (χ3n) is 8.25. The molecule has 1 aliphatic carbocycles. The molecule has 1 aromatic heterocycles.